The summed E-state index contributed by atoms with van der Waals surface area (Å²) in [6.45, 7) is 6.89. The Labute approximate surface area is 145 Å². The van der Waals surface area contributed by atoms with Gasteiger partial charge in [-0.05, 0) is 55.3 Å². The lowest BCUT2D eigenvalue weighted by atomic mass is 9.89. The molecule has 0 aromatic heterocycles. The number of hydrogen-bond acceptors (Lipinski definition) is 3. The quantitative estimate of drug-likeness (QED) is 0.871. The maximum Gasteiger partial charge on any atom is 0.220 e. The van der Waals surface area contributed by atoms with Gasteiger partial charge in [0.05, 0.1) is 6.61 Å². The van der Waals surface area contributed by atoms with Crippen LogP contribution in [0.5, 0.6) is 5.75 Å². The first kappa shape index (κ1) is 17.3. The van der Waals surface area contributed by atoms with E-state index in [1.54, 1.807) is 0 Å². The minimum Gasteiger partial charge on any atom is -0.493 e. The molecule has 0 bridgehead atoms. The molecule has 1 aliphatic heterocycles. The Balaban J connectivity index is 1.56. The number of carbonyl (C=O) groups excluding carboxylic acids is 1. The molecule has 3 rings (SSSR count). The second-order valence-corrected chi connectivity index (χ2v) is 7.92. The van der Waals surface area contributed by atoms with E-state index in [4.69, 9.17) is 4.74 Å². The molecule has 1 saturated heterocycles. The summed E-state index contributed by atoms with van der Waals surface area (Å²) in [6, 6.07) is 9.02. The van der Waals surface area contributed by atoms with Crippen molar-refractivity contribution >= 4 is 5.91 Å². The first-order valence-electron chi connectivity index (χ1n) is 9.20. The number of carbonyl (C=O) groups is 1. The minimum absolute atomic E-state index is 0.231. The summed E-state index contributed by atoms with van der Waals surface area (Å²) in [6.07, 6.45) is 3.07. The number of benzene rings is 1. The summed E-state index contributed by atoms with van der Waals surface area (Å²) < 4.78 is 5.84. The standard InChI is InChI=1S/C20H30N2O2/c1-14(2)13-24-19-6-4-5-15(7-19)12-22(3)18-8-16-10-20(23)21-11-17(16)9-18/h4-7,14,16-18H,8-13H2,1-3H3,(H,21,23)/t16-,17+,18-/m1/s1. The smallest absolute Gasteiger partial charge is 0.220 e. The van der Waals surface area contributed by atoms with Crippen LogP contribution in [-0.4, -0.2) is 37.0 Å². The summed E-state index contributed by atoms with van der Waals surface area (Å²) in [4.78, 5) is 14.0. The maximum absolute atomic E-state index is 11.6. The van der Waals surface area contributed by atoms with Crippen LogP contribution in [0.15, 0.2) is 24.3 Å². The molecule has 0 spiro atoms. The van der Waals surface area contributed by atoms with Crippen LogP contribution in [-0.2, 0) is 11.3 Å². The van der Waals surface area contributed by atoms with Crippen LogP contribution in [0, 0.1) is 17.8 Å². The molecular weight excluding hydrogens is 300 g/mol. The van der Waals surface area contributed by atoms with Gasteiger partial charge in [-0.2, -0.15) is 0 Å². The highest BCUT2D eigenvalue weighted by Gasteiger charge is 2.39. The number of amides is 1. The summed E-state index contributed by atoms with van der Waals surface area (Å²) >= 11 is 0. The molecule has 132 valence electrons. The number of nitrogens with zero attached hydrogens (tertiary/aromatic N) is 1. The van der Waals surface area contributed by atoms with Gasteiger partial charge in [-0.3, -0.25) is 9.69 Å². The predicted molar refractivity (Wildman–Crippen MR) is 95.9 cm³/mol. The molecule has 4 nitrogen and oxygen atoms in total. The fraction of sp³-hybridized carbons (Fsp3) is 0.650. The molecule has 1 aromatic carbocycles. The molecule has 1 amide bonds. The Hall–Kier alpha value is -1.55. The van der Waals surface area contributed by atoms with Gasteiger partial charge in [0, 0.05) is 25.6 Å². The highest BCUT2D eigenvalue weighted by atomic mass is 16.5. The van der Waals surface area contributed by atoms with Crippen LogP contribution in [0.25, 0.3) is 0 Å². The molecule has 1 aromatic rings. The fourth-order valence-corrected chi connectivity index (χ4v) is 4.01. The van der Waals surface area contributed by atoms with Gasteiger partial charge in [0.2, 0.25) is 5.91 Å². The fourth-order valence-electron chi connectivity index (χ4n) is 4.01. The lowest BCUT2D eigenvalue weighted by molar-refractivity contribution is -0.124. The van der Waals surface area contributed by atoms with E-state index in [9.17, 15) is 4.79 Å². The molecule has 0 unspecified atom stereocenters. The van der Waals surface area contributed by atoms with E-state index >= 15 is 0 Å². The van der Waals surface area contributed by atoms with Gasteiger partial charge in [0.25, 0.3) is 0 Å². The Morgan fingerprint density at radius 2 is 2.08 bits per heavy atom. The summed E-state index contributed by atoms with van der Waals surface area (Å²) in [7, 11) is 2.21. The molecule has 1 heterocycles. The van der Waals surface area contributed by atoms with Gasteiger partial charge in [-0.1, -0.05) is 26.0 Å². The van der Waals surface area contributed by atoms with E-state index < -0.39 is 0 Å². The lowest BCUT2D eigenvalue weighted by Crippen LogP contribution is -2.38. The van der Waals surface area contributed by atoms with Crippen molar-refractivity contribution in [3.8, 4) is 5.75 Å². The topological polar surface area (TPSA) is 41.6 Å². The third-order valence-electron chi connectivity index (χ3n) is 5.36. The molecule has 1 aliphatic carbocycles. The molecule has 2 aliphatic rings. The average molecular weight is 330 g/mol. The number of nitrogens with one attached hydrogen (secondary N) is 1. The van der Waals surface area contributed by atoms with Gasteiger partial charge in [-0.15, -0.1) is 0 Å². The Morgan fingerprint density at radius 1 is 1.29 bits per heavy atom. The van der Waals surface area contributed by atoms with Crippen molar-refractivity contribution in [1.82, 2.24) is 10.2 Å². The van der Waals surface area contributed by atoms with Gasteiger partial charge < -0.3 is 10.1 Å². The Morgan fingerprint density at radius 3 is 2.88 bits per heavy atom. The van der Waals surface area contributed by atoms with E-state index in [0.717, 1.165) is 31.9 Å². The van der Waals surface area contributed by atoms with Crippen molar-refractivity contribution in [3.63, 3.8) is 0 Å². The third kappa shape index (κ3) is 4.29. The van der Waals surface area contributed by atoms with Crippen LogP contribution in [0.4, 0.5) is 0 Å². The van der Waals surface area contributed by atoms with Crippen molar-refractivity contribution in [3.05, 3.63) is 29.8 Å². The summed E-state index contributed by atoms with van der Waals surface area (Å²) in [5.74, 6) is 2.97. The van der Waals surface area contributed by atoms with Crippen molar-refractivity contribution < 1.29 is 9.53 Å². The zero-order valence-electron chi connectivity index (χ0n) is 15.1. The second kappa shape index (κ2) is 7.56. The van der Waals surface area contributed by atoms with Crippen LogP contribution >= 0.6 is 0 Å². The molecule has 2 fully saturated rings. The van der Waals surface area contributed by atoms with Crippen molar-refractivity contribution in [2.45, 2.75) is 45.7 Å². The zero-order chi connectivity index (χ0) is 17.1. The van der Waals surface area contributed by atoms with Crippen LogP contribution in [0.1, 0.15) is 38.7 Å². The number of hydrogen-bond donors (Lipinski definition) is 1. The van der Waals surface area contributed by atoms with Crippen molar-refractivity contribution in [1.29, 1.82) is 0 Å². The largest absolute Gasteiger partial charge is 0.493 e. The molecular formula is C20H30N2O2. The van der Waals surface area contributed by atoms with Crippen molar-refractivity contribution in [2.75, 3.05) is 20.2 Å². The zero-order valence-corrected chi connectivity index (χ0v) is 15.1. The molecule has 0 radical (unpaired) electrons. The van der Waals surface area contributed by atoms with Crippen LogP contribution < -0.4 is 10.1 Å². The highest BCUT2D eigenvalue weighted by molar-refractivity contribution is 5.77. The molecule has 24 heavy (non-hydrogen) atoms. The monoisotopic (exact) mass is 330 g/mol. The summed E-state index contributed by atoms with van der Waals surface area (Å²) in [5.41, 5.74) is 1.29. The van der Waals surface area contributed by atoms with Gasteiger partial charge in [0.1, 0.15) is 5.75 Å². The predicted octanol–water partition coefficient (Wildman–Crippen LogP) is 3.07. The van der Waals surface area contributed by atoms with E-state index in [1.165, 1.54) is 12.0 Å². The lowest BCUT2D eigenvalue weighted by Gasteiger charge is -2.24. The molecule has 4 heteroatoms. The molecule has 3 atom stereocenters. The van der Waals surface area contributed by atoms with E-state index in [-0.39, 0.29) is 5.91 Å². The van der Waals surface area contributed by atoms with Gasteiger partial charge in [0.15, 0.2) is 0 Å². The van der Waals surface area contributed by atoms with Crippen molar-refractivity contribution in [2.24, 2.45) is 17.8 Å². The maximum atomic E-state index is 11.6. The second-order valence-electron chi connectivity index (χ2n) is 7.92. The molecule has 1 saturated carbocycles. The normalized spacial score (nSPS) is 26.5. The van der Waals surface area contributed by atoms with Crippen LogP contribution in [0.2, 0.25) is 0 Å². The molecule has 1 N–H and O–H groups in total. The van der Waals surface area contributed by atoms with Crippen LogP contribution in [0.3, 0.4) is 0 Å². The number of fused-ring (bicyclic) bond motifs is 1. The highest BCUT2D eigenvalue weighted by Crippen LogP contribution is 2.38. The number of ether oxygens (including phenoxy) is 1. The van der Waals surface area contributed by atoms with Gasteiger partial charge >= 0.3 is 0 Å². The van der Waals surface area contributed by atoms with Gasteiger partial charge in [-0.25, -0.2) is 0 Å². The average Bonchev–Trinajstić information content (AvgIpc) is 2.96. The number of piperidine rings is 1. The minimum atomic E-state index is 0.231. The number of rotatable bonds is 6. The third-order valence-corrected chi connectivity index (χ3v) is 5.36. The first-order chi connectivity index (χ1) is 11.5. The summed E-state index contributed by atoms with van der Waals surface area (Å²) in [5, 5.41) is 3.02. The Bertz CT molecular complexity index is 573. The Kier molecular flexibility index (Phi) is 5.44. The SMILES string of the molecule is CC(C)COc1cccc(CN(C)[C@H]2C[C@H]3CNC(=O)C[C@H]3C2)c1. The van der Waals surface area contributed by atoms with E-state index in [2.05, 4.69) is 49.3 Å². The first-order valence-corrected chi connectivity index (χ1v) is 9.20. The van der Waals surface area contributed by atoms with E-state index in [1.807, 2.05) is 6.07 Å². The van der Waals surface area contributed by atoms with E-state index in [0.29, 0.717) is 30.2 Å².